The van der Waals surface area contributed by atoms with Gasteiger partial charge in [-0.15, -0.1) is 0 Å². The summed E-state index contributed by atoms with van der Waals surface area (Å²) in [7, 11) is -3.91. The molecule has 0 aliphatic heterocycles. The fourth-order valence-electron chi connectivity index (χ4n) is 4.05. The second-order valence-electron chi connectivity index (χ2n) is 14.0. The third kappa shape index (κ3) is 14.6. The Balaban J connectivity index is 2.15. The molecule has 2 rings (SSSR count). The van der Waals surface area contributed by atoms with Crippen LogP contribution in [0.5, 0.6) is 5.75 Å². The second kappa shape index (κ2) is 15.8. The summed E-state index contributed by atoms with van der Waals surface area (Å²) in [6, 6.07) is 12.0. The molecule has 2 unspecified atom stereocenters. The highest BCUT2D eigenvalue weighted by molar-refractivity contribution is 7.86. The quantitative estimate of drug-likeness (QED) is 0.119. The molecule has 0 heterocycles. The molecule has 0 aliphatic carbocycles. The number of carbonyl (C=O) groups is 3. The molecule has 0 bridgehead atoms. The Labute approximate surface area is 273 Å². The maximum absolute atomic E-state index is 13.4. The fourth-order valence-corrected chi connectivity index (χ4v) is 4.94. The van der Waals surface area contributed by atoms with Crippen molar-refractivity contribution in [2.45, 2.75) is 110 Å². The molecule has 0 radical (unpaired) electrons. The highest BCUT2D eigenvalue weighted by Crippen LogP contribution is 2.24. The molecular formula is C34H49NO10S. The smallest absolute Gasteiger partial charge is 0.408 e. The average molecular weight is 664 g/mol. The molecule has 12 heteroatoms. The molecule has 1 amide bonds. The van der Waals surface area contributed by atoms with Gasteiger partial charge in [-0.05, 0) is 112 Å². The first-order chi connectivity index (χ1) is 21.0. The van der Waals surface area contributed by atoms with E-state index in [0.29, 0.717) is 5.75 Å². The van der Waals surface area contributed by atoms with Crippen LogP contribution in [0.3, 0.4) is 0 Å². The first-order valence-corrected chi connectivity index (χ1v) is 16.6. The average Bonchev–Trinajstić information content (AvgIpc) is 2.88. The number of hydrogen-bond donors (Lipinski definition) is 1. The minimum atomic E-state index is -3.91. The van der Waals surface area contributed by atoms with Crippen LogP contribution in [0.1, 0.15) is 79.9 Å². The summed E-state index contributed by atoms with van der Waals surface area (Å²) in [6.45, 7) is 17.1. The summed E-state index contributed by atoms with van der Waals surface area (Å²) >= 11 is 0. The minimum Gasteiger partial charge on any atom is -0.491 e. The van der Waals surface area contributed by atoms with E-state index in [1.807, 2.05) is 6.92 Å². The molecule has 0 spiro atoms. The Morgan fingerprint density at radius 3 is 1.76 bits per heavy atom. The highest BCUT2D eigenvalue weighted by Gasteiger charge is 2.35. The maximum Gasteiger partial charge on any atom is 0.408 e. The predicted molar refractivity (Wildman–Crippen MR) is 173 cm³/mol. The summed E-state index contributed by atoms with van der Waals surface area (Å²) in [5.74, 6) is -1.62. The molecule has 256 valence electrons. The van der Waals surface area contributed by atoms with E-state index in [4.69, 9.17) is 23.1 Å². The van der Waals surface area contributed by atoms with Crippen molar-refractivity contribution in [3.05, 3.63) is 59.7 Å². The van der Waals surface area contributed by atoms with Crippen molar-refractivity contribution in [3.8, 4) is 5.75 Å². The summed E-state index contributed by atoms with van der Waals surface area (Å²) in [6.07, 6.45) is -0.736. The van der Waals surface area contributed by atoms with E-state index in [0.717, 1.165) is 11.1 Å². The molecule has 46 heavy (non-hydrogen) atoms. The van der Waals surface area contributed by atoms with E-state index < -0.39 is 56.9 Å². The van der Waals surface area contributed by atoms with Crippen LogP contribution in [0, 0.1) is 12.8 Å². The van der Waals surface area contributed by atoms with Crippen LogP contribution in [0.2, 0.25) is 0 Å². The Bertz CT molecular complexity index is 1410. The number of esters is 2. The molecule has 0 saturated carbocycles. The van der Waals surface area contributed by atoms with Gasteiger partial charge in [-0.3, -0.25) is 8.98 Å². The lowest BCUT2D eigenvalue weighted by atomic mass is 9.92. The van der Waals surface area contributed by atoms with Crippen molar-refractivity contribution in [2.75, 3.05) is 13.2 Å². The first-order valence-electron chi connectivity index (χ1n) is 15.2. The summed E-state index contributed by atoms with van der Waals surface area (Å²) in [5, 5.41) is 2.57. The molecule has 0 fully saturated rings. The van der Waals surface area contributed by atoms with Crippen molar-refractivity contribution in [1.82, 2.24) is 5.32 Å². The van der Waals surface area contributed by atoms with E-state index in [1.165, 1.54) is 12.1 Å². The van der Waals surface area contributed by atoms with Crippen molar-refractivity contribution >= 4 is 28.1 Å². The lowest BCUT2D eigenvalue weighted by Gasteiger charge is -2.29. The van der Waals surface area contributed by atoms with Gasteiger partial charge in [0.25, 0.3) is 10.1 Å². The predicted octanol–water partition coefficient (Wildman–Crippen LogP) is 5.90. The van der Waals surface area contributed by atoms with Gasteiger partial charge < -0.3 is 24.3 Å². The summed E-state index contributed by atoms with van der Waals surface area (Å²) in [4.78, 5) is 39.2. The van der Waals surface area contributed by atoms with Gasteiger partial charge in [0.15, 0.2) is 0 Å². The SMILES string of the molecule is Cc1ccc(S(=O)(=O)OCCOc2ccc(CC(CC(NC(=O)OC(C)(C)C)C(=O)OC(C)(C)C)C(=O)OC(C)(C)C)cc2)cc1. The normalized spacial score (nSPS) is 13.7. The summed E-state index contributed by atoms with van der Waals surface area (Å²) < 4.78 is 52.1. The Morgan fingerprint density at radius 2 is 1.24 bits per heavy atom. The van der Waals surface area contributed by atoms with Gasteiger partial charge in [0, 0.05) is 0 Å². The first kappa shape index (κ1) is 38.5. The zero-order valence-electron chi connectivity index (χ0n) is 28.6. The number of benzene rings is 2. The lowest BCUT2D eigenvalue weighted by Crippen LogP contribution is -2.48. The molecular weight excluding hydrogens is 614 g/mol. The largest absolute Gasteiger partial charge is 0.491 e. The molecule has 11 nitrogen and oxygen atoms in total. The van der Waals surface area contributed by atoms with E-state index in [-0.39, 0.29) is 31.0 Å². The van der Waals surface area contributed by atoms with Gasteiger partial charge in [0.2, 0.25) is 0 Å². The van der Waals surface area contributed by atoms with E-state index in [9.17, 15) is 22.8 Å². The Morgan fingerprint density at radius 1 is 0.717 bits per heavy atom. The number of hydrogen-bond acceptors (Lipinski definition) is 10. The number of carbonyl (C=O) groups excluding carboxylic acids is 3. The number of ether oxygens (including phenoxy) is 4. The third-order valence-corrected chi connectivity index (χ3v) is 7.27. The molecule has 0 aromatic heterocycles. The molecule has 2 atom stereocenters. The van der Waals surface area contributed by atoms with Gasteiger partial charge in [0.1, 0.15) is 41.8 Å². The van der Waals surface area contributed by atoms with Gasteiger partial charge >= 0.3 is 18.0 Å². The highest BCUT2D eigenvalue weighted by atomic mass is 32.2. The second-order valence-corrected chi connectivity index (χ2v) is 15.6. The lowest BCUT2D eigenvalue weighted by molar-refractivity contribution is -0.162. The van der Waals surface area contributed by atoms with Crippen molar-refractivity contribution in [1.29, 1.82) is 0 Å². The van der Waals surface area contributed by atoms with Gasteiger partial charge in [-0.25, -0.2) is 9.59 Å². The molecule has 1 N–H and O–H groups in total. The van der Waals surface area contributed by atoms with E-state index >= 15 is 0 Å². The van der Waals surface area contributed by atoms with Gasteiger partial charge in [-0.2, -0.15) is 8.42 Å². The van der Waals surface area contributed by atoms with Crippen LogP contribution >= 0.6 is 0 Å². The van der Waals surface area contributed by atoms with E-state index in [2.05, 4.69) is 5.32 Å². The number of nitrogens with one attached hydrogen (secondary N) is 1. The van der Waals surface area contributed by atoms with Gasteiger partial charge in [0.05, 0.1) is 10.8 Å². The van der Waals surface area contributed by atoms with Crippen LogP contribution in [0.15, 0.2) is 53.4 Å². The Hall–Kier alpha value is -3.64. The van der Waals surface area contributed by atoms with Crippen LogP contribution in [-0.2, 0) is 44.5 Å². The van der Waals surface area contributed by atoms with Crippen molar-refractivity contribution < 1.29 is 45.9 Å². The standard InChI is InChI=1S/C34H49NO10S/c1-23-11-17-27(18-12-23)46(39,40)42-20-19-41-26-15-13-24(14-16-26)21-25(29(36)43-32(2,3)4)22-28(30(37)44-33(5,6)7)35-31(38)45-34(8,9)10/h11-18,25,28H,19-22H2,1-10H3,(H,35,38). The van der Waals surface area contributed by atoms with Crippen molar-refractivity contribution in [3.63, 3.8) is 0 Å². The maximum atomic E-state index is 13.4. The zero-order chi connectivity index (χ0) is 34.9. The fraction of sp³-hybridized carbons (Fsp3) is 0.559. The molecule has 2 aromatic rings. The monoisotopic (exact) mass is 663 g/mol. The zero-order valence-corrected chi connectivity index (χ0v) is 29.4. The van der Waals surface area contributed by atoms with Crippen LogP contribution < -0.4 is 10.1 Å². The number of alkyl carbamates (subject to hydrolysis) is 1. The minimum absolute atomic E-state index is 0.0150. The van der Waals surface area contributed by atoms with E-state index in [1.54, 1.807) is 98.7 Å². The summed E-state index contributed by atoms with van der Waals surface area (Å²) in [5.41, 5.74) is -0.761. The number of amides is 1. The van der Waals surface area contributed by atoms with Crippen molar-refractivity contribution in [2.24, 2.45) is 5.92 Å². The van der Waals surface area contributed by atoms with Crippen LogP contribution in [0.4, 0.5) is 4.79 Å². The Kier molecular flexibility index (Phi) is 13.2. The number of aryl methyl sites for hydroxylation is 1. The molecule has 0 aliphatic rings. The topological polar surface area (TPSA) is 144 Å². The van der Waals surface area contributed by atoms with Gasteiger partial charge in [-0.1, -0.05) is 29.8 Å². The van der Waals surface area contributed by atoms with Crippen LogP contribution in [0.25, 0.3) is 0 Å². The van der Waals surface area contributed by atoms with Crippen LogP contribution in [-0.4, -0.2) is 62.5 Å². The number of rotatable bonds is 13. The molecule has 0 saturated heterocycles. The molecule has 2 aromatic carbocycles. The third-order valence-electron chi connectivity index (χ3n) is 5.95.